The SMILES string of the molecule is CC(C)(C)c1ccnc2nc(N3CCN(C(=O)C(Cl)Cl)CC3)nn12. The first-order valence-corrected chi connectivity index (χ1v) is 8.69. The van der Waals surface area contributed by atoms with Gasteiger partial charge in [0.2, 0.25) is 5.95 Å². The topological polar surface area (TPSA) is 66.6 Å². The molecule has 1 saturated heterocycles. The van der Waals surface area contributed by atoms with Gasteiger partial charge >= 0.3 is 0 Å². The highest BCUT2D eigenvalue weighted by atomic mass is 35.5. The number of rotatable bonds is 2. The summed E-state index contributed by atoms with van der Waals surface area (Å²) in [5, 5.41) is 4.62. The molecule has 1 amide bonds. The number of fused-ring (bicyclic) bond motifs is 1. The number of alkyl halides is 2. The Balaban J connectivity index is 1.81. The highest BCUT2D eigenvalue weighted by Crippen LogP contribution is 2.23. The second kappa shape index (κ2) is 6.37. The van der Waals surface area contributed by atoms with E-state index in [2.05, 4.69) is 35.8 Å². The smallest absolute Gasteiger partial charge is 0.255 e. The molecular formula is C15H20Cl2N6O. The summed E-state index contributed by atoms with van der Waals surface area (Å²) in [6, 6.07) is 1.96. The molecule has 24 heavy (non-hydrogen) atoms. The van der Waals surface area contributed by atoms with E-state index in [-0.39, 0.29) is 11.3 Å². The number of carbonyl (C=O) groups is 1. The number of piperazine rings is 1. The van der Waals surface area contributed by atoms with E-state index >= 15 is 0 Å². The summed E-state index contributed by atoms with van der Waals surface area (Å²) >= 11 is 11.3. The Morgan fingerprint density at radius 3 is 2.46 bits per heavy atom. The van der Waals surface area contributed by atoms with Crippen molar-refractivity contribution in [2.45, 2.75) is 31.0 Å². The molecule has 130 valence electrons. The summed E-state index contributed by atoms with van der Waals surface area (Å²) in [5.74, 6) is 0.953. The van der Waals surface area contributed by atoms with Crippen molar-refractivity contribution in [3.05, 3.63) is 18.0 Å². The van der Waals surface area contributed by atoms with Crippen molar-refractivity contribution >= 4 is 40.8 Å². The van der Waals surface area contributed by atoms with Crippen LogP contribution in [0.25, 0.3) is 5.78 Å². The first-order chi connectivity index (χ1) is 11.3. The number of hydrogen-bond acceptors (Lipinski definition) is 5. The molecule has 3 rings (SSSR count). The largest absolute Gasteiger partial charge is 0.337 e. The summed E-state index contributed by atoms with van der Waals surface area (Å²) in [7, 11) is 0. The maximum absolute atomic E-state index is 11.8. The number of aromatic nitrogens is 4. The van der Waals surface area contributed by atoms with Crippen LogP contribution >= 0.6 is 23.2 Å². The zero-order valence-corrected chi connectivity index (χ0v) is 15.4. The maximum atomic E-state index is 11.8. The first kappa shape index (κ1) is 17.2. The van der Waals surface area contributed by atoms with E-state index in [1.165, 1.54) is 0 Å². The Morgan fingerprint density at radius 1 is 1.21 bits per heavy atom. The Hall–Kier alpha value is -1.60. The van der Waals surface area contributed by atoms with Crippen molar-refractivity contribution in [2.24, 2.45) is 0 Å². The summed E-state index contributed by atoms with van der Waals surface area (Å²) < 4.78 is 1.79. The fourth-order valence-electron chi connectivity index (χ4n) is 2.75. The van der Waals surface area contributed by atoms with Gasteiger partial charge in [0, 0.05) is 37.8 Å². The van der Waals surface area contributed by atoms with Crippen molar-refractivity contribution < 1.29 is 4.79 Å². The number of hydrogen-bond donors (Lipinski definition) is 0. The molecule has 0 aliphatic carbocycles. The van der Waals surface area contributed by atoms with Crippen LogP contribution in [-0.2, 0) is 10.2 Å². The summed E-state index contributed by atoms with van der Waals surface area (Å²) in [4.78, 5) is 23.4. The molecule has 1 aliphatic rings. The van der Waals surface area contributed by atoms with Gasteiger partial charge in [-0.1, -0.05) is 44.0 Å². The van der Waals surface area contributed by atoms with Crippen LogP contribution in [0.1, 0.15) is 26.5 Å². The van der Waals surface area contributed by atoms with Crippen molar-refractivity contribution in [1.29, 1.82) is 0 Å². The molecule has 0 spiro atoms. The molecule has 0 radical (unpaired) electrons. The zero-order valence-electron chi connectivity index (χ0n) is 13.9. The minimum atomic E-state index is -1.01. The van der Waals surface area contributed by atoms with Crippen LogP contribution in [-0.4, -0.2) is 61.4 Å². The Labute approximate surface area is 150 Å². The lowest BCUT2D eigenvalue weighted by Crippen LogP contribution is -2.50. The molecule has 9 heteroatoms. The van der Waals surface area contributed by atoms with Crippen LogP contribution in [0.15, 0.2) is 12.3 Å². The minimum absolute atomic E-state index is 0.0625. The van der Waals surface area contributed by atoms with Gasteiger partial charge < -0.3 is 9.80 Å². The predicted molar refractivity (Wildman–Crippen MR) is 93.8 cm³/mol. The third kappa shape index (κ3) is 3.28. The minimum Gasteiger partial charge on any atom is -0.337 e. The zero-order chi connectivity index (χ0) is 17.5. The molecular weight excluding hydrogens is 351 g/mol. The summed E-state index contributed by atoms with van der Waals surface area (Å²) in [6.45, 7) is 8.74. The average Bonchev–Trinajstić information content (AvgIpc) is 2.97. The van der Waals surface area contributed by atoms with E-state index in [1.807, 2.05) is 11.0 Å². The lowest BCUT2D eigenvalue weighted by Gasteiger charge is -2.34. The van der Waals surface area contributed by atoms with Gasteiger partial charge in [-0.25, -0.2) is 4.98 Å². The Morgan fingerprint density at radius 2 is 1.88 bits per heavy atom. The number of anilines is 1. The van der Waals surface area contributed by atoms with Gasteiger partial charge in [-0.3, -0.25) is 4.79 Å². The van der Waals surface area contributed by atoms with Gasteiger partial charge in [-0.05, 0) is 6.07 Å². The number of halogens is 2. The van der Waals surface area contributed by atoms with Gasteiger partial charge in [0.05, 0.1) is 5.69 Å². The van der Waals surface area contributed by atoms with E-state index in [4.69, 9.17) is 23.2 Å². The quantitative estimate of drug-likeness (QED) is 0.754. The predicted octanol–water partition coefficient (Wildman–Crippen LogP) is 1.87. The van der Waals surface area contributed by atoms with Gasteiger partial charge in [0.15, 0.2) is 4.84 Å². The third-order valence-corrected chi connectivity index (χ3v) is 4.43. The van der Waals surface area contributed by atoms with Crippen molar-refractivity contribution in [2.75, 3.05) is 31.1 Å². The molecule has 1 aliphatic heterocycles. The lowest BCUT2D eigenvalue weighted by atomic mass is 9.92. The average molecular weight is 371 g/mol. The van der Waals surface area contributed by atoms with Gasteiger partial charge in [-0.2, -0.15) is 9.50 Å². The van der Waals surface area contributed by atoms with Crippen LogP contribution < -0.4 is 4.90 Å². The van der Waals surface area contributed by atoms with Crippen LogP contribution in [0.4, 0.5) is 5.95 Å². The van der Waals surface area contributed by atoms with Crippen LogP contribution in [0.2, 0.25) is 0 Å². The van der Waals surface area contributed by atoms with E-state index in [0.29, 0.717) is 37.9 Å². The van der Waals surface area contributed by atoms with Crippen LogP contribution in [0.3, 0.4) is 0 Å². The van der Waals surface area contributed by atoms with Gasteiger partial charge in [-0.15, -0.1) is 5.10 Å². The molecule has 0 bridgehead atoms. The molecule has 2 aromatic heterocycles. The maximum Gasteiger partial charge on any atom is 0.255 e. The molecule has 1 fully saturated rings. The van der Waals surface area contributed by atoms with Crippen LogP contribution in [0, 0.1) is 0 Å². The van der Waals surface area contributed by atoms with Crippen molar-refractivity contribution in [1.82, 2.24) is 24.5 Å². The molecule has 7 nitrogen and oxygen atoms in total. The van der Waals surface area contributed by atoms with E-state index in [1.54, 1.807) is 15.6 Å². The number of amides is 1. The second-order valence-electron chi connectivity index (χ2n) is 6.82. The van der Waals surface area contributed by atoms with Gasteiger partial charge in [0.25, 0.3) is 11.7 Å². The molecule has 0 aromatic carbocycles. The third-order valence-electron chi connectivity index (χ3n) is 4.06. The molecule has 0 N–H and O–H groups in total. The summed E-state index contributed by atoms with van der Waals surface area (Å²) in [6.07, 6.45) is 1.76. The molecule has 0 unspecified atom stereocenters. The fraction of sp³-hybridized carbons (Fsp3) is 0.600. The van der Waals surface area contributed by atoms with Crippen molar-refractivity contribution in [3.63, 3.8) is 0 Å². The molecule has 3 heterocycles. The first-order valence-electron chi connectivity index (χ1n) is 7.81. The standard InChI is InChI=1S/C15H20Cl2N6O/c1-15(2,3)10-4-5-18-13-19-14(20-23(10)13)22-8-6-21(7-9-22)12(24)11(16)17/h4-5,11H,6-9H2,1-3H3. The normalized spacial score (nSPS) is 16.2. The molecule has 0 atom stereocenters. The number of carbonyl (C=O) groups excluding carboxylic acids is 1. The molecule has 0 saturated carbocycles. The van der Waals surface area contributed by atoms with Gasteiger partial charge in [0.1, 0.15) is 0 Å². The Kier molecular flexibility index (Phi) is 4.57. The highest BCUT2D eigenvalue weighted by Gasteiger charge is 2.27. The lowest BCUT2D eigenvalue weighted by molar-refractivity contribution is -0.129. The monoisotopic (exact) mass is 370 g/mol. The molecule has 2 aromatic rings. The van der Waals surface area contributed by atoms with Crippen LogP contribution in [0.5, 0.6) is 0 Å². The highest BCUT2D eigenvalue weighted by molar-refractivity contribution is 6.53. The Bertz CT molecular complexity index is 746. The fourth-order valence-corrected chi connectivity index (χ4v) is 3.03. The van der Waals surface area contributed by atoms with E-state index < -0.39 is 4.84 Å². The second-order valence-corrected chi connectivity index (χ2v) is 7.91. The number of nitrogens with zero attached hydrogens (tertiary/aromatic N) is 6. The van der Waals surface area contributed by atoms with Crippen molar-refractivity contribution in [3.8, 4) is 0 Å². The van der Waals surface area contributed by atoms with E-state index in [0.717, 1.165) is 5.69 Å². The van der Waals surface area contributed by atoms with E-state index in [9.17, 15) is 4.79 Å². The summed E-state index contributed by atoms with van der Waals surface area (Å²) in [5.41, 5.74) is 0.986.